The van der Waals surface area contributed by atoms with E-state index in [9.17, 15) is 18.4 Å². The molecule has 110 valence electrons. The zero-order valence-electron chi connectivity index (χ0n) is 10.8. The van der Waals surface area contributed by atoms with Gasteiger partial charge in [0.1, 0.15) is 5.82 Å². The molecule has 3 N–H and O–H groups in total. The van der Waals surface area contributed by atoms with Crippen molar-refractivity contribution >= 4 is 17.6 Å². The summed E-state index contributed by atoms with van der Waals surface area (Å²) in [5.41, 5.74) is -0.956. The Kier molecular flexibility index (Phi) is 3.92. The van der Waals surface area contributed by atoms with Crippen LogP contribution >= 0.6 is 0 Å². The van der Waals surface area contributed by atoms with Gasteiger partial charge in [0, 0.05) is 12.5 Å². The number of hydrogen-bond donors (Lipinski definition) is 3. The number of aryl methyl sites for hydroxylation is 1. The second kappa shape index (κ2) is 5.65. The number of amides is 1. The Balaban J connectivity index is 2.32. The van der Waals surface area contributed by atoms with Crippen LogP contribution in [0.5, 0.6) is 0 Å². The van der Waals surface area contributed by atoms with Gasteiger partial charge in [-0.1, -0.05) is 6.92 Å². The Hall–Kier alpha value is -2.84. The molecule has 0 atom stereocenters. The van der Waals surface area contributed by atoms with Gasteiger partial charge in [0.2, 0.25) is 5.82 Å². The van der Waals surface area contributed by atoms with Crippen LogP contribution in [-0.2, 0) is 6.42 Å². The maximum absolute atomic E-state index is 13.2. The van der Waals surface area contributed by atoms with Crippen LogP contribution < -0.4 is 5.32 Å². The number of benzene rings is 1. The van der Waals surface area contributed by atoms with E-state index in [1.165, 1.54) is 0 Å². The average molecular weight is 296 g/mol. The first kappa shape index (κ1) is 14.6. The first-order valence-electron chi connectivity index (χ1n) is 5.87. The topological polar surface area (TPSA) is 108 Å². The van der Waals surface area contributed by atoms with E-state index in [0.29, 0.717) is 24.4 Å². The number of carbonyl (C=O) groups is 2. The number of aromatic carboxylic acids is 1. The van der Waals surface area contributed by atoms with Crippen molar-refractivity contribution in [3.05, 3.63) is 41.0 Å². The highest BCUT2D eigenvalue weighted by Crippen LogP contribution is 2.20. The highest BCUT2D eigenvalue weighted by atomic mass is 19.2. The summed E-state index contributed by atoms with van der Waals surface area (Å²) in [6.07, 6.45) is 0.520. The highest BCUT2D eigenvalue weighted by molar-refractivity contribution is 6.05. The molecule has 0 spiro atoms. The second-order valence-corrected chi connectivity index (χ2v) is 4.03. The summed E-state index contributed by atoms with van der Waals surface area (Å²) in [5.74, 6) is -4.71. The zero-order valence-corrected chi connectivity index (χ0v) is 10.8. The van der Waals surface area contributed by atoms with Crippen LogP contribution in [0.4, 0.5) is 14.5 Å². The van der Waals surface area contributed by atoms with Gasteiger partial charge in [-0.3, -0.25) is 9.89 Å². The van der Waals surface area contributed by atoms with Crippen molar-refractivity contribution in [2.75, 3.05) is 5.32 Å². The molecule has 2 aromatic rings. The molecule has 0 aliphatic carbocycles. The molecule has 0 bridgehead atoms. The molecule has 0 saturated heterocycles. The predicted molar refractivity (Wildman–Crippen MR) is 67.0 cm³/mol. The third-order valence-corrected chi connectivity index (χ3v) is 2.61. The number of nitrogens with zero attached hydrogens (tertiary/aromatic N) is 2. The first-order chi connectivity index (χ1) is 9.92. The van der Waals surface area contributed by atoms with Crippen molar-refractivity contribution in [1.29, 1.82) is 0 Å². The van der Waals surface area contributed by atoms with Crippen LogP contribution in [-0.4, -0.2) is 32.2 Å². The quantitative estimate of drug-likeness (QED) is 0.794. The highest BCUT2D eigenvalue weighted by Gasteiger charge is 2.19. The van der Waals surface area contributed by atoms with Crippen LogP contribution in [0.3, 0.4) is 0 Å². The van der Waals surface area contributed by atoms with E-state index in [1.54, 1.807) is 6.92 Å². The first-order valence-corrected chi connectivity index (χ1v) is 5.87. The van der Waals surface area contributed by atoms with E-state index < -0.39 is 29.1 Å². The molecule has 9 heteroatoms. The molecular weight excluding hydrogens is 286 g/mol. The number of carbonyl (C=O) groups excluding carboxylic acids is 1. The van der Waals surface area contributed by atoms with Crippen LogP contribution in [0.25, 0.3) is 0 Å². The van der Waals surface area contributed by atoms with Gasteiger partial charge < -0.3 is 10.4 Å². The third kappa shape index (κ3) is 3.02. The molecule has 21 heavy (non-hydrogen) atoms. The average Bonchev–Trinajstić information content (AvgIpc) is 2.91. The Morgan fingerprint density at radius 2 is 2.00 bits per heavy atom. The number of hydrogen-bond acceptors (Lipinski definition) is 4. The lowest BCUT2D eigenvalue weighted by Crippen LogP contribution is -2.17. The van der Waals surface area contributed by atoms with Crippen molar-refractivity contribution in [3.63, 3.8) is 0 Å². The maximum Gasteiger partial charge on any atom is 0.337 e. The monoisotopic (exact) mass is 296 g/mol. The van der Waals surface area contributed by atoms with Gasteiger partial charge in [-0.2, -0.15) is 0 Å². The summed E-state index contributed by atoms with van der Waals surface area (Å²) >= 11 is 0. The van der Waals surface area contributed by atoms with Gasteiger partial charge in [0.15, 0.2) is 11.6 Å². The second-order valence-electron chi connectivity index (χ2n) is 4.03. The number of aromatic nitrogens is 3. The minimum atomic E-state index is -1.51. The van der Waals surface area contributed by atoms with Crippen LogP contribution in [0.15, 0.2) is 12.1 Å². The lowest BCUT2D eigenvalue weighted by molar-refractivity contribution is 0.0697. The Morgan fingerprint density at radius 1 is 1.33 bits per heavy atom. The smallest absolute Gasteiger partial charge is 0.337 e. The molecule has 1 heterocycles. The number of H-pyrrole nitrogens is 1. The number of nitrogens with one attached hydrogen (secondary N) is 2. The number of carboxylic acids is 1. The minimum Gasteiger partial charge on any atom is -0.478 e. The van der Waals surface area contributed by atoms with Crippen LogP contribution in [0.2, 0.25) is 0 Å². The van der Waals surface area contributed by atoms with Gasteiger partial charge in [0.25, 0.3) is 5.91 Å². The van der Waals surface area contributed by atoms with Gasteiger partial charge in [-0.05, 0) is 6.07 Å². The summed E-state index contributed by atoms with van der Waals surface area (Å²) in [6, 6.07) is 1.08. The van der Waals surface area contributed by atoms with E-state index in [4.69, 9.17) is 5.11 Å². The molecule has 0 fully saturated rings. The fourth-order valence-corrected chi connectivity index (χ4v) is 1.56. The van der Waals surface area contributed by atoms with Gasteiger partial charge in [-0.15, -0.1) is 5.10 Å². The molecule has 0 aliphatic rings. The minimum absolute atomic E-state index is 0.229. The fourth-order valence-electron chi connectivity index (χ4n) is 1.56. The largest absolute Gasteiger partial charge is 0.478 e. The molecule has 1 aromatic carbocycles. The van der Waals surface area contributed by atoms with Crippen molar-refractivity contribution in [2.24, 2.45) is 0 Å². The third-order valence-electron chi connectivity index (χ3n) is 2.61. The summed E-state index contributed by atoms with van der Waals surface area (Å²) in [4.78, 5) is 26.7. The van der Waals surface area contributed by atoms with Gasteiger partial charge in [-0.25, -0.2) is 18.6 Å². The fraction of sp³-hybridized carbons (Fsp3) is 0.167. The molecule has 0 aliphatic heterocycles. The van der Waals surface area contributed by atoms with E-state index in [-0.39, 0.29) is 11.5 Å². The summed E-state index contributed by atoms with van der Waals surface area (Å²) in [5, 5.41) is 17.2. The van der Waals surface area contributed by atoms with Gasteiger partial charge in [0.05, 0.1) is 11.3 Å². The van der Waals surface area contributed by atoms with Crippen molar-refractivity contribution in [3.8, 4) is 0 Å². The van der Waals surface area contributed by atoms with Crippen LogP contribution in [0, 0.1) is 11.6 Å². The molecule has 2 rings (SSSR count). The van der Waals surface area contributed by atoms with Crippen LogP contribution in [0.1, 0.15) is 33.7 Å². The SMILES string of the molecule is CCc1nc(C(=O)Nc2cc(F)c(F)cc2C(=O)O)n[nH]1. The summed E-state index contributed by atoms with van der Waals surface area (Å²) in [6.45, 7) is 1.79. The molecule has 1 aromatic heterocycles. The molecule has 0 radical (unpaired) electrons. The van der Waals surface area contributed by atoms with Crippen molar-refractivity contribution in [1.82, 2.24) is 15.2 Å². The number of anilines is 1. The lowest BCUT2D eigenvalue weighted by atomic mass is 10.1. The van der Waals surface area contributed by atoms with E-state index >= 15 is 0 Å². The number of carboxylic acid groups (broad SMARTS) is 1. The molecule has 0 saturated carbocycles. The molecule has 0 unspecified atom stereocenters. The van der Waals surface area contributed by atoms with Crippen molar-refractivity contribution < 1.29 is 23.5 Å². The Labute approximate surface area is 117 Å². The van der Waals surface area contributed by atoms with E-state index in [1.807, 2.05) is 0 Å². The predicted octanol–water partition coefficient (Wildman–Crippen LogP) is 1.60. The normalized spacial score (nSPS) is 10.4. The lowest BCUT2D eigenvalue weighted by Gasteiger charge is -2.07. The Morgan fingerprint density at radius 3 is 2.57 bits per heavy atom. The van der Waals surface area contributed by atoms with E-state index in [0.717, 1.165) is 0 Å². The van der Waals surface area contributed by atoms with E-state index in [2.05, 4.69) is 20.5 Å². The standard InChI is InChI=1S/C12H10F2N4O3/c1-2-9-16-10(18-17-9)11(19)15-8-4-7(14)6(13)3-5(8)12(20)21/h3-4H,2H2,1H3,(H,15,19)(H,20,21)(H,16,17,18). The number of rotatable bonds is 4. The molecule has 1 amide bonds. The molecule has 7 nitrogen and oxygen atoms in total. The summed E-state index contributed by atoms with van der Waals surface area (Å²) < 4.78 is 26.2. The summed E-state index contributed by atoms with van der Waals surface area (Å²) in [7, 11) is 0. The zero-order chi connectivity index (χ0) is 15.6. The Bertz CT molecular complexity index is 715. The van der Waals surface area contributed by atoms with Gasteiger partial charge >= 0.3 is 5.97 Å². The maximum atomic E-state index is 13.2. The molecular formula is C12H10F2N4O3. The number of aromatic amines is 1. The number of halogens is 2. The van der Waals surface area contributed by atoms with Crippen molar-refractivity contribution in [2.45, 2.75) is 13.3 Å².